The van der Waals surface area contributed by atoms with Gasteiger partial charge in [-0.15, -0.1) is 22.6 Å². The molecule has 88 heavy (non-hydrogen) atoms. The summed E-state index contributed by atoms with van der Waals surface area (Å²) in [5, 5.41) is 28.7. The number of pyridine rings is 2. The van der Waals surface area contributed by atoms with Crippen LogP contribution in [0, 0.1) is 48.3 Å². The molecule has 0 bridgehead atoms. The molecule has 2 saturated heterocycles. The zero-order chi connectivity index (χ0) is 62.6. The third-order valence-electron chi connectivity index (χ3n) is 15.8. The molecule has 0 spiro atoms. The fourth-order valence-corrected chi connectivity index (χ4v) is 12.5. The van der Waals surface area contributed by atoms with Gasteiger partial charge in [0.1, 0.15) is 20.8 Å². The average molecular weight is 1350 g/mol. The molecule has 4 aliphatic rings. The average Bonchev–Trinajstić information content (AvgIpc) is 1.76. The summed E-state index contributed by atoms with van der Waals surface area (Å²) >= 11 is 6.16. The van der Waals surface area contributed by atoms with Crippen molar-refractivity contribution in [1.29, 1.82) is 0 Å². The summed E-state index contributed by atoms with van der Waals surface area (Å²) in [6.07, 6.45) is 13.0. The van der Waals surface area contributed by atoms with E-state index in [0.717, 1.165) is 43.9 Å². The Hall–Kier alpha value is -3.38. The first-order valence-electron chi connectivity index (χ1n) is 28.1. The Kier molecular flexibility index (Phi) is 27.6. The number of hydrogen-bond acceptors (Lipinski definition) is 19. The topological polar surface area (TPSA) is 307 Å². The molecule has 10 rings (SSSR count). The first-order valence-corrected chi connectivity index (χ1v) is 31.5. The van der Waals surface area contributed by atoms with E-state index in [1.54, 1.807) is 62.4 Å². The molecule has 8 heterocycles. The number of amides is 2. The molecule has 4 fully saturated rings. The Bertz CT molecular complexity index is 3610. The van der Waals surface area contributed by atoms with Crippen LogP contribution in [0.25, 0.3) is 11.6 Å². The van der Waals surface area contributed by atoms with Crippen molar-refractivity contribution in [3.05, 3.63) is 88.9 Å². The Labute approximate surface area is 614 Å². The molecular formula is C57H82Cl2K2N14O11S2. The molecule has 3 N–H and O–H groups in total. The third kappa shape index (κ3) is 20.6. The predicted molar refractivity (Wildman–Crippen MR) is 323 cm³/mol. The van der Waals surface area contributed by atoms with Crippen molar-refractivity contribution < 1.29 is 155 Å². The van der Waals surface area contributed by atoms with Gasteiger partial charge in [-0.2, -0.15) is 10.2 Å². The predicted octanol–water partition coefficient (Wildman–Crippen LogP) is 1.14. The monoisotopic (exact) mass is 1350 g/mol. The minimum Gasteiger partial charge on any atom is -1.00 e. The van der Waals surface area contributed by atoms with Gasteiger partial charge in [0.25, 0.3) is 38.3 Å². The Morgan fingerprint density at radius 2 is 1.15 bits per heavy atom. The smallest absolute Gasteiger partial charge is 1.00 e. The first kappa shape index (κ1) is 77.1. The summed E-state index contributed by atoms with van der Waals surface area (Å²) in [7, 11) is -5.04. The second-order valence-electron chi connectivity index (χ2n) is 25.1. The van der Waals surface area contributed by atoms with Gasteiger partial charge in [-0.3, -0.25) is 23.7 Å². The SMILES string of the molecule is CC(C)C1CNC(C)(C)C1.Cc1nn(C)cc1S(=O)(=O)NC(=O)c1ccc(-n2ccc(OCC3(C)CC3)n2)nc1Cl.Cc1nn(C)cc1S(=O)(=O)NC(=O)c1ccc(-n2ccc(OCC3(C)CC3)n2)nc1N1CC(C(C)C)CC1(C)C.Cl.O=CO[O-].[H-].[K+].[K+]. The minimum absolute atomic E-state index is 0. The number of carbonyl (C=O) groups is 3. The number of nitrogens with zero attached hydrogens (tertiary/aromatic N) is 11. The van der Waals surface area contributed by atoms with Crippen LogP contribution in [0.2, 0.25) is 5.15 Å². The van der Waals surface area contributed by atoms with Gasteiger partial charge in [-0.25, -0.2) is 45.6 Å². The molecule has 2 aliphatic carbocycles. The van der Waals surface area contributed by atoms with Crippen LogP contribution in [0.1, 0.15) is 141 Å². The van der Waals surface area contributed by atoms with Gasteiger partial charge in [0, 0.05) is 79.5 Å². The maximum atomic E-state index is 13.6. The normalized spacial score (nSPS) is 18.0. The third-order valence-corrected chi connectivity index (χ3v) is 19.0. The quantitative estimate of drug-likeness (QED) is 0.0357. The largest absolute Gasteiger partial charge is 1.00 e. The first-order chi connectivity index (χ1) is 39.7. The van der Waals surface area contributed by atoms with Gasteiger partial charge in [-0.1, -0.05) is 53.1 Å². The van der Waals surface area contributed by atoms with Crippen molar-refractivity contribution in [2.75, 3.05) is 31.2 Å². The van der Waals surface area contributed by atoms with Crippen LogP contribution in [-0.2, 0) is 43.8 Å². The molecule has 474 valence electrons. The van der Waals surface area contributed by atoms with Crippen LogP contribution < -0.4 is 137 Å². The Morgan fingerprint density at radius 3 is 1.50 bits per heavy atom. The molecule has 2 unspecified atom stereocenters. The van der Waals surface area contributed by atoms with Crippen molar-refractivity contribution in [3.8, 4) is 23.4 Å². The van der Waals surface area contributed by atoms with E-state index >= 15 is 0 Å². The number of anilines is 1. The molecule has 2 aliphatic heterocycles. The molecule has 6 aromatic rings. The van der Waals surface area contributed by atoms with Crippen molar-refractivity contribution in [3.63, 3.8) is 0 Å². The summed E-state index contributed by atoms with van der Waals surface area (Å²) in [6.45, 7) is 28.3. The van der Waals surface area contributed by atoms with Gasteiger partial charge < -0.3 is 31.3 Å². The van der Waals surface area contributed by atoms with Crippen molar-refractivity contribution in [2.24, 2.45) is 48.6 Å². The Morgan fingerprint density at radius 1 is 0.716 bits per heavy atom. The van der Waals surface area contributed by atoms with E-state index in [-0.39, 0.29) is 171 Å². The fraction of sp³-hybridized carbons (Fsp3) is 0.561. The number of halogens is 2. The molecule has 2 atom stereocenters. The molecule has 0 radical (unpaired) electrons. The number of rotatable bonds is 18. The Balaban J connectivity index is 0.000000374. The summed E-state index contributed by atoms with van der Waals surface area (Å²) < 4.78 is 73.0. The summed E-state index contributed by atoms with van der Waals surface area (Å²) in [6, 6.07) is 9.70. The van der Waals surface area contributed by atoms with Gasteiger partial charge in [0.15, 0.2) is 11.6 Å². The minimum atomic E-state index is -4.15. The number of aryl methyl sites for hydroxylation is 4. The van der Waals surface area contributed by atoms with Crippen molar-refractivity contribution in [1.82, 2.24) is 63.9 Å². The van der Waals surface area contributed by atoms with E-state index in [9.17, 15) is 26.4 Å². The number of nitrogens with one attached hydrogen (secondary N) is 3. The molecule has 2 amide bonds. The van der Waals surface area contributed by atoms with Gasteiger partial charge in [0.2, 0.25) is 11.8 Å². The maximum absolute atomic E-state index is 13.6. The van der Waals surface area contributed by atoms with Crippen LogP contribution in [-0.4, -0.2) is 122 Å². The van der Waals surface area contributed by atoms with Crippen LogP contribution >= 0.6 is 24.0 Å². The fourth-order valence-electron chi connectivity index (χ4n) is 9.85. The number of carbonyl (C=O) groups excluding carboxylic acids is 3. The van der Waals surface area contributed by atoms with E-state index in [0.29, 0.717) is 72.0 Å². The van der Waals surface area contributed by atoms with Crippen LogP contribution in [0.15, 0.2) is 71.0 Å². The van der Waals surface area contributed by atoms with E-state index in [1.807, 2.05) is 4.72 Å². The van der Waals surface area contributed by atoms with Crippen LogP contribution in [0.5, 0.6) is 11.8 Å². The molecule has 6 aromatic heterocycles. The number of sulfonamides is 2. The number of hydrogen-bond donors (Lipinski definition) is 3. The van der Waals surface area contributed by atoms with Crippen LogP contribution in [0.4, 0.5) is 5.82 Å². The van der Waals surface area contributed by atoms with E-state index < -0.39 is 31.9 Å². The van der Waals surface area contributed by atoms with E-state index in [2.05, 4.69) is 114 Å². The van der Waals surface area contributed by atoms with E-state index in [1.165, 1.54) is 58.5 Å². The van der Waals surface area contributed by atoms with E-state index in [4.69, 9.17) is 36.1 Å². The van der Waals surface area contributed by atoms with Crippen molar-refractivity contribution >= 4 is 68.2 Å². The molecule has 25 nitrogen and oxygen atoms in total. The number of ether oxygens (including phenoxy) is 2. The molecule has 31 heteroatoms. The van der Waals surface area contributed by atoms with Gasteiger partial charge in [-0.05, 0) is 135 Å². The zero-order valence-electron chi connectivity index (χ0n) is 54.2. The molecule has 2 saturated carbocycles. The molecule has 0 aromatic carbocycles. The summed E-state index contributed by atoms with van der Waals surface area (Å²) in [4.78, 5) is 48.4. The van der Waals surface area contributed by atoms with Gasteiger partial charge in [0.05, 0.1) is 35.7 Å². The molecular weight excluding hydrogens is 1270 g/mol. The van der Waals surface area contributed by atoms with Crippen molar-refractivity contribution in [2.45, 2.75) is 142 Å². The second kappa shape index (κ2) is 31.5. The zero-order valence-corrected chi connectivity index (χ0v) is 62.7. The van der Waals surface area contributed by atoms with Crippen LogP contribution in [0.3, 0.4) is 0 Å². The maximum Gasteiger partial charge on any atom is 1.00 e. The van der Waals surface area contributed by atoms with Gasteiger partial charge >= 0.3 is 103 Å². The number of aromatic nitrogens is 10. The second-order valence-corrected chi connectivity index (χ2v) is 28.8. The summed E-state index contributed by atoms with van der Waals surface area (Å²) in [5.41, 5.74) is 1.24. The summed E-state index contributed by atoms with van der Waals surface area (Å²) in [5.74, 6) is 3.20. The standard InChI is InChI=1S/C28H39N7O4S.C19H21ClN6O4S.C9H19N.CH2O3.ClH.2K.H/c1-18(2)20-14-27(4,5)34(15-20)25-21(26(36)32-40(37,38)22-16-33(7)30-19(22)3)8-9-23(29-25)35-13-10-24(31-35)39-17-28(6)11-12-28;1-12-14(10-25(3)22-12)31(28,29)24-18(27)13-4-5-15(21-17(13)20)26-9-6-16(23-26)30-11-19(2)7-8-19;1-7(2)8-5-9(3,4)10-6-8;2-1-4-3;;;;/h8-10,13,16,18,20H,11-12,14-15,17H2,1-7H3,(H,32,36);4-6,9-10H,7-8,11H2,1-3H3,(H,24,27);7-8,10H,5-6H2,1-4H3;1,3H;1H;;;/q;;;;;2*+1;-1/p-1.